The Morgan fingerprint density at radius 2 is 2.11 bits per heavy atom. The molecule has 1 aliphatic rings. The van der Waals surface area contributed by atoms with Crippen molar-refractivity contribution in [2.45, 2.75) is 25.4 Å². The van der Waals surface area contributed by atoms with Gasteiger partial charge in [0.25, 0.3) is 0 Å². The Morgan fingerprint density at radius 1 is 1.37 bits per heavy atom. The third-order valence-electron chi connectivity index (χ3n) is 3.67. The van der Waals surface area contributed by atoms with E-state index in [1.54, 1.807) is 24.3 Å². The summed E-state index contributed by atoms with van der Waals surface area (Å²) in [7, 11) is 0. The van der Waals surface area contributed by atoms with E-state index >= 15 is 0 Å². The Hall–Kier alpha value is -1.13. The number of halogens is 2. The van der Waals surface area contributed by atoms with Gasteiger partial charge in [-0.25, -0.2) is 4.39 Å². The van der Waals surface area contributed by atoms with E-state index in [-0.39, 0.29) is 5.56 Å². The molecule has 1 heterocycles. The van der Waals surface area contributed by atoms with E-state index in [9.17, 15) is 9.50 Å². The number of hydrogen-bond acceptors (Lipinski definition) is 2. The van der Waals surface area contributed by atoms with Crippen molar-refractivity contribution in [2.75, 3.05) is 0 Å². The second kappa shape index (κ2) is 4.76. The Balaban J connectivity index is 1.89. The fraction of sp³-hybridized carbons (Fsp3) is 0.333. The van der Waals surface area contributed by atoms with E-state index in [1.165, 1.54) is 0 Å². The number of benzene rings is 1. The number of hydrogen-bond donors (Lipinski definition) is 1. The molecular weight excluding hydrogens is 311 g/mol. The first-order valence-electron chi connectivity index (χ1n) is 6.29. The van der Waals surface area contributed by atoms with Gasteiger partial charge in [0.2, 0.25) is 0 Å². The van der Waals surface area contributed by atoms with Gasteiger partial charge < -0.3 is 9.52 Å². The number of furan rings is 1. The van der Waals surface area contributed by atoms with Crippen LogP contribution in [0.2, 0.25) is 0 Å². The van der Waals surface area contributed by atoms with E-state index < -0.39 is 11.9 Å². The molecule has 1 aromatic carbocycles. The van der Waals surface area contributed by atoms with Crippen LogP contribution in [-0.4, -0.2) is 5.11 Å². The summed E-state index contributed by atoms with van der Waals surface area (Å²) in [5.74, 6) is 1.92. The SMILES string of the molecule is CC1CC1c1ccc(C(O)c2cccc(Br)c2F)o1. The Labute approximate surface area is 119 Å². The van der Waals surface area contributed by atoms with Crippen LogP contribution in [0.1, 0.15) is 42.5 Å². The Kier molecular flexibility index (Phi) is 3.23. The summed E-state index contributed by atoms with van der Waals surface area (Å²) in [5, 5.41) is 10.2. The summed E-state index contributed by atoms with van der Waals surface area (Å²) in [6.45, 7) is 2.16. The van der Waals surface area contributed by atoms with Crippen LogP contribution in [0.5, 0.6) is 0 Å². The molecule has 1 N–H and O–H groups in total. The topological polar surface area (TPSA) is 33.4 Å². The van der Waals surface area contributed by atoms with E-state index in [0.29, 0.717) is 22.1 Å². The molecule has 1 aromatic heterocycles. The van der Waals surface area contributed by atoms with Gasteiger partial charge in [-0.2, -0.15) is 0 Å². The molecule has 0 spiro atoms. The second-order valence-electron chi connectivity index (χ2n) is 5.11. The van der Waals surface area contributed by atoms with E-state index in [1.807, 2.05) is 6.07 Å². The van der Waals surface area contributed by atoms with Gasteiger partial charge in [0.1, 0.15) is 23.4 Å². The molecule has 0 aliphatic heterocycles. The third kappa shape index (κ3) is 2.35. The molecule has 0 amide bonds. The summed E-state index contributed by atoms with van der Waals surface area (Å²) in [4.78, 5) is 0. The van der Waals surface area contributed by atoms with Crippen molar-refractivity contribution in [1.82, 2.24) is 0 Å². The van der Waals surface area contributed by atoms with E-state index in [2.05, 4.69) is 22.9 Å². The van der Waals surface area contributed by atoms with E-state index in [0.717, 1.165) is 12.2 Å². The lowest BCUT2D eigenvalue weighted by Crippen LogP contribution is -2.01. The quantitative estimate of drug-likeness (QED) is 0.908. The molecule has 0 saturated heterocycles. The van der Waals surface area contributed by atoms with Crippen LogP contribution in [0, 0.1) is 11.7 Å². The molecule has 3 atom stereocenters. The zero-order valence-corrected chi connectivity index (χ0v) is 12.0. The van der Waals surface area contributed by atoms with Gasteiger partial charge in [-0.1, -0.05) is 19.1 Å². The van der Waals surface area contributed by atoms with Crippen molar-refractivity contribution in [2.24, 2.45) is 5.92 Å². The second-order valence-corrected chi connectivity index (χ2v) is 5.96. The first-order valence-corrected chi connectivity index (χ1v) is 7.09. The fourth-order valence-electron chi connectivity index (χ4n) is 2.32. The highest BCUT2D eigenvalue weighted by molar-refractivity contribution is 9.10. The average molecular weight is 325 g/mol. The smallest absolute Gasteiger partial charge is 0.143 e. The van der Waals surface area contributed by atoms with Gasteiger partial charge in [0.15, 0.2) is 0 Å². The molecule has 3 unspecified atom stereocenters. The molecule has 100 valence electrons. The summed E-state index contributed by atoms with van der Waals surface area (Å²) in [6, 6.07) is 8.46. The third-order valence-corrected chi connectivity index (χ3v) is 4.28. The number of aliphatic hydroxyl groups excluding tert-OH is 1. The predicted octanol–water partition coefficient (Wildman–Crippen LogP) is 4.39. The normalized spacial score (nSPS) is 23.4. The maximum absolute atomic E-state index is 13.9. The standard InChI is InChI=1S/C15H14BrFO2/c1-8-7-10(8)12-5-6-13(19-12)15(18)9-3-2-4-11(16)14(9)17/h2-6,8,10,15,18H,7H2,1H3. The minimum atomic E-state index is -1.07. The molecular formula is C15H14BrFO2. The molecule has 3 rings (SSSR count). The van der Waals surface area contributed by atoms with Gasteiger partial charge in [-0.15, -0.1) is 0 Å². The first kappa shape index (κ1) is 12.9. The van der Waals surface area contributed by atoms with Crippen LogP contribution in [0.15, 0.2) is 39.2 Å². The summed E-state index contributed by atoms with van der Waals surface area (Å²) < 4.78 is 19.9. The van der Waals surface area contributed by atoms with Gasteiger partial charge in [-0.3, -0.25) is 0 Å². The first-order chi connectivity index (χ1) is 9.08. The minimum absolute atomic E-state index is 0.221. The number of rotatable bonds is 3. The Bertz CT molecular complexity index is 608. The van der Waals surface area contributed by atoms with Crippen molar-refractivity contribution in [3.63, 3.8) is 0 Å². The van der Waals surface area contributed by atoms with Crippen LogP contribution in [0.3, 0.4) is 0 Å². The van der Waals surface area contributed by atoms with Crippen molar-refractivity contribution in [3.05, 3.63) is 57.7 Å². The molecule has 0 bridgehead atoms. The van der Waals surface area contributed by atoms with Gasteiger partial charge in [0.05, 0.1) is 4.47 Å². The van der Waals surface area contributed by atoms with Crippen LogP contribution in [-0.2, 0) is 0 Å². The predicted molar refractivity (Wildman–Crippen MR) is 73.4 cm³/mol. The molecule has 4 heteroatoms. The molecule has 2 aromatic rings. The zero-order valence-electron chi connectivity index (χ0n) is 10.4. The lowest BCUT2D eigenvalue weighted by molar-refractivity contribution is 0.182. The van der Waals surface area contributed by atoms with Crippen molar-refractivity contribution < 1.29 is 13.9 Å². The van der Waals surface area contributed by atoms with E-state index in [4.69, 9.17) is 4.42 Å². The largest absolute Gasteiger partial charge is 0.463 e. The molecule has 1 fully saturated rings. The van der Waals surface area contributed by atoms with Crippen LogP contribution < -0.4 is 0 Å². The highest BCUT2D eigenvalue weighted by atomic mass is 79.9. The summed E-state index contributed by atoms with van der Waals surface area (Å²) in [6.07, 6.45) is 0.0502. The average Bonchev–Trinajstić information content (AvgIpc) is 2.93. The van der Waals surface area contributed by atoms with Gasteiger partial charge in [-0.05, 0) is 46.5 Å². The molecule has 2 nitrogen and oxygen atoms in total. The zero-order chi connectivity index (χ0) is 13.6. The summed E-state index contributed by atoms with van der Waals surface area (Å²) in [5.41, 5.74) is 0.221. The minimum Gasteiger partial charge on any atom is -0.463 e. The fourth-order valence-corrected chi connectivity index (χ4v) is 2.70. The van der Waals surface area contributed by atoms with Crippen molar-refractivity contribution >= 4 is 15.9 Å². The highest BCUT2D eigenvalue weighted by Crippen LogP contribution is 2.47. The maximum atomic E-state index is 13.9. The Morgan fingerprint density at radius 3 is 2.79 bits per heavy atom. The molecule has 1 aliphatic carbocycles. The number of aliphatic hydroxyl groups is 1. The molecule has 0 radical (unpaired) electrons. The maximum Gasteiger partial charge on any atom is 0.143 e. The summed E-state index contributed by atoms with van der Waals surface area (Å²) >= 11 is 3.12. The van der Waals surface area contributed by atoms with Gasteiger partial charge >= 0.3 is 0 Å². The molecule has 1 saturated carbocycles. The lowest BCUT2D eigenvalue weighted by atomic mass is 10.1. The highest BCUT2D eigenvalue weighted by Gasteiger charge is 2.37. The van der Waals surface area contributed by atoms with Crippen molar-refractivity contribution in [1.29, 1.82) is 0 Å². The van der Waals surface area contributed by atoms with Crippen LogP contribution in [0.25, 0.3) is 0 Å². The van der Waals surface area contributed by atoms with Crippen molar-refractivity contribution in [3.8, 4) is 0 Å². The monoisotopic (exact) mass is 324 g/mol. The van der Waals surface area contributed by atoms with Crippen LogP contribution >= 0.6 is 15.9 Å². The van der Waals surface area contributed by atoms with Gasteiger partial charge in [0, 0.05) is 11.5 Å². The lowest BCUT2D eigenvalue weighted by Gasteiger charge is -2.10. The van der Waals surface area contributed by atoms with Crippen LogP contribution in [0.4, 0.5) is 4.39 Å². The molecule has 19 heavy (non-hydrogen) atoms.